The minimum absolute atomic E-state index is 0.162. The van der Waals surface area contributed by atoms with Crippen LogP contribution < -0.4 is 10.6 Å². The molecule has 2 rings (SSSR count). The van der Waals surface area contributed by atoms with Gasteiger partial charge in [-0.25, -0.2) is 9.97 Å². The van der Waals surface area contributed by atoms with Gasteiger partial charge in [0.05, 0.1) is 16.6 Å². The Morgan fingerprint density at radius 2 is 2.19 bits per heavy atom. The number of nitrogens with one attached hydrogen (secondary N) is 2. The topological polar surface area (TPSA) is 66.9 Å². The van der Waals surface area contributed by atoms with Gasteiger partial charge in [-0.3, -0.25) is 4.79 Å². The highest BCUT2D eigenvalue weighted by molar-refractivity contribution is 7.11. The molecule has 0 aliphatic heterocycles. The quantitative estimate of drug-likeness (QED) is 0.885. The van der Waals surface area contributed by atoms with Crippen molar-refractivity contribution in [3.05, 3.63) is 38.9 Å². The zero-order chi connectivity index (χ0) is 15.4. The van der Waals surface area contributed by atoms with E-state index in [0.717, 1.165) is 11.4 Å². The molecule has 0 aliphatic rings. The van der Waals surface area contributed by atoms with E-state index in [9.17, 15) is 4.79 Å². The number of pyridine rings is 1. The normalized spacial score (nSPS) is 12.0. The van der Waals surface area contributed by atoms with Gasteiger partial charge in [0.2, 0.25) is 0 Å². The Hall–Kier alpha value is -1.66. The van der Waals surface area contributed by atoms with Crippen LogP contribution in [0.3, 0.4) is 0 Å². The third-order valence-corrected chi connectivity index (χ3v) is 4.62. The van der Waals surface area contributed by atoms with E-state index in [4.69, 9.17) is 11.6 Å². The van der Waals surface area contributed by atoms with E-state index < -0.39 is 0 Å². The molecule has 21 heavy (non-hydrogen) atoms. The first-order valence-electron chi connectivity index (χ1n) is 6.64. The number of amides is 1. The molecule has 2 N–H and O–H groups in total. The first kappa shape index (κ1) is 15.7. The fraction of sp³-hybridized carbons (Fsp3) is 0.357. The number of anilines is 1. The van der Waals surface area contributed by atoms with Gasteiger partial charge in [0, 0.05) is 24.3 Å². The monoisotopic (exact) mass is 324 g/mol. The Labute approximate surface area is 132 Å². The Morgan fingerprint density at radius 3 is 2.81 bits per heavy atom. The lowest BCUT2D eigenvalue weighted by atomic mass is 10.2. The van der Waals surface area contributed by atoms with Gasteiger partial charge in [0.15, 0.2) is 0 Å². The molecular weight excluding hydrogens is 308 g/mol. The van der Waals surface area contributed by atoms with E-state index in [1.807, 2.05) is 13.1 Å². The fourth-order valence-electron chi connectivity index (χ4n) is 1.77. The Kier molecular flexibility index (Phi) is 5.14. The second-order valence-electron chi connectivity index (χ2n) is 4.51. The number of hydrogen-bond acceptors (Lipinski definition) is 5. The third-order valence-electron chi connectivity index (χ3n) is 2.99. The van der Waals surface area contributed by atoms with Gasteiger partial charge >= 0.3 is 0 Å². The molecule has 0 saturated heterocycles. The summed E-state index contributed by atoms with van der Waals surface area (Å²) in [4.78, 5) is 21.9. The smallest absolute Gasteiger partial charge is 0.253 e. The molecule has 0 radical (unpaired) electrons. The number of nitrogens with zero attached hydrogens (tertiary/aromatic N) is 2. The van der Waals surface area contributed by atoms with Crippen LogP contribution in [0.4, 0.5) is 5.82 Å². The molecule has 0 aliphatic carbocycles. The van der Waals surface area contributed by atoms with E-state index in [1.165, 1.54) is 11.1 Å². The summed E-state index contributed by atoms with van der Waals surface area (Å²) in [5, 5.41) is 7.01. The molecular formula is C14H17ClN4OS. The summed E-state index contributed by atoms with van der Waals surface area (Å²) in [6.07, 6.45) is 4.26. The molecule has 0 saturated carbocycles. The summed E-state index contributed by atoms with van der Waals surface area (Å²) < 4.78 is 0. The van der Waals surface area contributed by atoms with E-state index in [1.54, 1.807) is 24.5 Å². The molecule has 112 valence electrons. The zero-order valence-electron chi connectivity index (χ0n) is 12.1. The molecule has 5 nitrogen and oxygen atoms in total. The van der Waals surface area contributed by atoms with Gasteiger partial charge in [0.25, 0.3) is 5.91 Å². The van der Waals surface area contributed by atoms with Crippen LogP contribution in [0, 0.1) is 0 Å². The SMILES string of the molecule is CCc1cnc(C(C)NC(=O)c2cc(NC)ncc2Cl)s1. The van der Waals surface area contributed by atoms with Crippen molar-refractivity contribution in [2.45, 2.75) is 26.3 Å². The lowest BCUT2D eigenvalue weighted by Gasteiger charge is -2.12. The van der Waals surface area contributed by atoms with E-state index in [0.29, 0.717) is 16.4 Å². The molecule has 2 aromatic rings. The zero-order valence-corrected chi connectivity index (χ0v) is 13.7. The number of aromatic nitrogens is 2. The van der Waals surface area contributed by atoms with Crippen molar-refractivity contribution in [1.82, 2.24) is 15.3 Å². The highest BCUT2D eigenvalue weighted by Gasteiger charge is 2.17. The first-order chi connectivity index (χ1) is 10.0. The average molecular weight is 325 g/mol. The second-order valence-corrected chi connectivity index (χ2v) is 6.07. The Bertz CT molecular complexity index is 644. The minimum atomic E-state index is -0.236. The summed E-state index contributed by atoms with van der Waals surface area (Å²) in [7, 11) is 1.74. The summed E-state index contributed by atoms with van der Waals surface area (Å²) >= 11 is 7.65. The van der Waals surface area contributed by atoms with Crippen LogP contribution >= 0.6 is 22.9 Å². The minimum Gasteiger partial charge on any atom is -0.373 e. The maximum atomic E-state index is 12.3. The first-order valence-corrected chi connectivity index (χ1v) is 7.83. The maximum Gasteiger partial charge on any atom is 0.253 e. The number of thiazole rings is 1. The molecule has 0 fully saturated rings. The summed E-state index contributed by atoms with van der Waals surface area (Å²) in [5.74, 6) is 0.361. The fourth-order valence-corrected chi connectivity index (χ4v) is 2.82. The number of carbonyl (C=O) groups excluding carboxylic acids is 1. The summed E-state index contributed by atoms with van der Waals surface area (Å²) in [6.45, 7) is 3.99. The Morgan fingerprint density at radius 1 is 1.43 bits per heavy atom. The van der Waals surface area contributed by atoms with Crippen LogP contribution in [0.5, 0.6) is 0 Å². The standard InChI is InChI=1S/C14H17ClN4OS/c1-4-9-6-18-14(21-9)8(2)19-13(20)10-5-12(16-3)17-7-11(10)15/h5-8H,4H2,1-3H3,(H,16,17)(H,19,20). The molecule has 2 aromatic heterocycles. The van der Waals surface area contributed by atoms with Gasteiger partial charge in [-0.15, -0.1) is 11.3 Å². The number of carbonyl (C=O) groups is 1. The Balaban J connectivity index is 2.13. The van der Waals surface area contributed by atoms with Gasteiger partial charge in [-0.1, -0.05) is 18.5 Å². The van der Waals surface area contributed by atoms with Crippen LogP contribution in [-0.2, 0) is 6.42 Å². The maximum absolute atomic E-state index is 12.3. The predicted octanol–water partition coefficient (Wildman–Crippen LogP) is 3.29. The third kappa shape index (κ3) is 3.71. The van der Waals surface area contributed by atoms with Crippen molar-refractivity contribution in [3.8, 4) is 0 Å². The lowest BCUT2D eigenvalue weighted by molar-refractivity contribution is 0.0940. The molecule has 1 atom stereocenters. The molecule has 0 spiro atoms. The highest BCUT2D eigenvalue weighted by Crippen LogP contribution is 2.22. The largest absolute Gasteiger partial charge is 0.373 e. The molecule has 1 unspecified atom stereocenters. The van der Waals surface area contributed by atoms with Gasteiger partial charge in [-0.05, 0) is 19.4 Å². The number of aryl methyl sites for hydroxylation is 1. The van der Waals surface area contributed by atoms with Crippen molar-refractivity contribution in [2.24, 2.45) is 0 Å². The molecule has 0 aromatic carbocycles. The molecule has 1 amide bonds. The van der Waals surface area contributed by atoms with Crippen molar-refractivity contribution in [2.75, 3.05) is 12.4 Å². The lowest BCUT2D eigenvalue weighted by Crippen LogP contribution is -2.27. The van der Waals surface area contributed by atoms with Gasteiger partial charge < -0.3 is 10.6 Å². The van der Waals surface area contributed by atoms with Crippen molar-refractivity contribution in [3.63, 3.8) is 0 Å². The number of hydrogen-bond donors (Lipinski definition) is 2. The van der Waals surface area contributed by atoms with E-state index >= 15 is 0 Å². The van der Waals surface area contributed by atoms with Crippen LogP contribution in [0.1, 0.15) is 40.1 Å². The van der Waals surface area contributed by atoms with Gasteiger partial charge in [0.1, 0.15) is 10.8 Å². The second kappa shape index (κ2) is 6.87. The van der Waals surface area contributed by atoms with Crippen LogP contribution in [0.2, 0.25) is 5.02 Å². The van der Waals surface area contributed by atoms with E-state index in [2.05, 4.69) is 27.5 Å². The molecule has 2 heterocycles. The molecule has 7 heteroatoms. The van der Waals surface area contributed by atoms with Crippen molar-refractivity contribution in [1.29, 1.82) is 0 Å². The van der Waals surface area contributed by atoms with Gasteiger partial charge in [-0.2, -0.15) is 0 Å². The summed E-state index contributed by atoms with van der Waals surface area (Å²) in [6, 6.07) is 1.47. The van der Waals surface area contributed by atoms with Crippen molar-refractivity contribution < 1.29 is 4.79 Å². The van der Waals surface area contributed by atoms with Crippen LogP contribution in [-0.4, -0.2) is 22.9 Å². The molecule has 0 bridgehead atoms. The highest BCUT2D eigenvalue weighted by atomic mass is 35.5. The van der Waals surface area contributed by atoms with Crippen LogP contribution in [0.15, 0.2) is 18.5 Å². The van der Waals surface area contributed by atoms with Crippen molar-refractivity contribution >= 4 is 34.7 Å². The van der Waals surface area contributed by atoms with E-state index in [-0.39, 0.29) is 11.9 Å². The number of rotatable bonds is 5. The predicted molar refractivity (Wildman–Crippen MR) is 86.2 cm³/mol. The average Bonchev–Trinajstić information content (AvgIpc) is 2.96. The van der Waals surface area contributed by atoms with Crippen LogP contribution in [0.25, 0.3) is 0 Å². The number of halogens is 1. The summed E-state index contributed by atoms with van der Waals surface area (Å²) in [5.41, 5.74) is 0.398.